The summed E-state index contributed by atoms with van der Waals surface area (Å²) in [5, 5.41) is 3.47. The van der Waals surface area contributed by atoms with Crippen molar-refractivity contribution in [1.29, 1.82) is 0 Å². The quantitative estimate of drug-likeness (QED) is 0.750. The molecule has 1 aromatic carbocycles. The number of anilines is 2. The molecule has 0 radical (unpaired) electrons. The van der Waals surface area contributed by atoms with Gasteiger partial charge in [0.05, 0.1) is 4.90 Å². The van der Waals surface area contributed by atoms with E-state index in [4.69, 9.17) is 0 Å². The third-order valence-electron chi connectivity index (χ3n) is 5.54. The van der Waals surface area contributed by atoms with Crippen molar-refractivity contribution in [2.75, 3.05) is 24.3 Å². The predicted molar refractivity (Wildman–Crippen MR) is 119 cm³/mol. The van der Waals surface area contributed by atoms with Crippen molar-refractivity contribution in [2.45, 2.75) is 63.4 Å². The highest BCUT2D eigenvalue weighted by Crippen LogP contribution is 2.27. The van der Waals surface area contributed by atoms with E-state index in [-0.39, 0.29) is 12.1 Å². The molecule has 1 heterocycles. The number of rotatable bonds is 6. The highest BCUT2D eigenvalue weighted by Gasteiger charge is 2.31. The molecule has 2 aromatic rings. The van der Waals surface area contributed by atoms with Gasteiger partial charge in [-0.05, 0) is 50.8 Å². The molecule has 29 heavy (non-hydrogen) atoms. The van der Waals surface area contributed by atoms with Crippen LogP contribution in [0.5, 0.6) is 0 Å². The van der Waals surface area contributed by atoms with E-state index >= 15 is 0 Å². The Labute approximate surface area is 174 Å². The van der Waals surface area contributed by atoms with E-state index < -0.39 is 10.0 Å². The monoisotopic (exact) mass is 416 g/mol. The zero-order valence-electron chi connectivity index (χ0n) is 18.0. The lowest BCUT2D eigenvalue weighted by atomic mass is 9.91. The van der Waals surface area contributed by atoms with Gasteiger partial charge in [0, 0.05) is 44.1 Å². The fourth-order valence-electron chi connectivity index (χ4n) is 4.26. The first-order chi connectivity index (χ1) is 13.7. The first kappa shape index (κ1) is 21.6. The number of sulfonamides is 1. The average molecular weight is 417 g/mol. The molecule has 1 fully saturated rings. The zero-order chi connectivity index (χ0) is 21.2. The molecule has 0 aliphatic heterocycles. The van der Waals surface area contributed by atoms with E-state index in [1.807, 2.05) is 64.0 Å². The maximum Gasteiger partial charge on any atom is 0.241 e. The summed E-state index contributed by atoms with van der Waals surface area (Å²) in [5.41, 5.74) is 3.70. The van der Waals surface area contributed by atoms with Crippen LogP contribution in [-0.4, -0.2) is 39.6 Å². The van der Waals surface area contributed by atoms with Crippen LogP contribution in [0.2, 0.25) is 0 Å². The van der Waals surface area contributed by atoms with Crippen LogP contribution in [-0.2, 0) is 10.0 Å². The lowest BCUT2D eigenvalue weighted by molar-refractivity contribution is 0.378. The van der Waals surface area contributed by atoms with Gasteiger partial charge in [0.2, 0.25) is 10.0 Å². The topological polar surface area (TPSA) is 74.3 Å². The Morgan fingerprint density at radius 2 is 1.62 bits per heavy atom. The molecule has 1 aliphatic rings. The largest absolute Gasteiger partial charge is 0.378 e. The molecular weight excluding hydrogens is 384 g/mol. The fraction of sp³-hybridized carbons (Fsp3) is 0.500. The number of aromatic nitrogens is 1. The molecule has 1 saturated carbocycles. The van der Waals surface area contributed by atoms with E-state index in [1.165, 1.54) is 0 Å². The maximum atomic E-state index is 13.2. The summed E-state index contributed by atoms with van der Waals surface area (Å²) >= 11 is 0. The molecule has 0 saturated heterocycles. The molecule has 0 bridgehead atoms. The Balaban J connectivity index is 1.82. The van der Waals surface area contributed by atoms with E-state index in [0.717, 1.165) is 53.9 Å². The molecule has 7 heteroatoms. The minimum Gasteiger partial charge on any atom is -0.378 e. The molecule has 2 N–H and O–H groups in total. The molecule has 6 nitrogen and oxygen atoms in total. The van der Waals surface area contributed by atoms with Gasteiger partial charge in [-0.2, -0.15) is 0 Å². The standard InChI is InChI=1S/C22H32N4O2S/c1-15-12-16(2)22(17(3)13-15)29(27,28)25-20-9-7-6-8-19(20)24-21-14-18(26(4)5)10-11-23-21/h10-14,19-20,25H,6-9H2,1-5H3,(H,23,24). The van der Waals surface area contributed by atoms with Crippen molar-refractivity contribution in [1.82, 2.24) is 9.71 Å². The number of pyridine rings is 1. The van der Waals surface area contributed by atoms with Crippen LogP contribution in [0.3, 0.4) is 0 Å². The van der Waals surface area contributed by atoms with Crippen LogP contribution in [0, 0.1) is 20.8 Å². The molecule has 158 valence electrons. The van der Waals surface area contributed by atoms with Gasteiger partial charge in [0.1, 0.15) is 5.82 Å². The van der Waals surface area contributed by atoms with Crippen LogP contribution in [0.15, 0.2) is 35.4 Å². The third-order valence-corrected chi connectivity index (χ3v) is 7.33. The Bertz CT molecular complexity index is 950. The van der Waals surface area contributed by atoms with Crippen LogP contribution >= 0.6 is 0 Å². The summed E-state index contributed by atoms with van der Waals surface area (Å²) in [6.45, 7) is 5.71. The smallest absolute Gasteiger partial charge is 0.241 e. The van der Waals surface area contributed by atoms with E-state index in [1.54, 1.807) is 6.20 Å². The average Bonchev–Trinajstić information content (AvgIpc) is 2.62. The number of benzene rings is 1. The van der Waals surface area contributed by atoms with Crippen molar-refractivity contribution in [2.24, 2.45) is 0 Å². The van der Waals surface area contributed by atoms with Crippen LogP contribution in [0.25, 0.3) is 0 Å². The van der Waals surface area contributed by atoms with Crippen molar-refractivity contribution < 1.29 is 8.42 Å². The lowest BCUT2D eigenvalue weighted by Gasteiger charge is -2.33. The van der Waals surface area contributed by atoms with Crippen LogP contribution in [0.1, 0.15) is 42.4 Å². The number of nitrogens with one attached hydrogen (secondary N) is 2. The summed E-state index contributed by atoms with van der Waals surface area (Å²) in [5.74, 6) is 0.773. The number of hydrogen-bond acceptors (Lipinski definition) is 5. The Kier molecular flexibility index (Phi) is 6.49. The molecule has 3 rings (SSSR count). The van der Waals surface area contributed by atoms with Crippen molar-refractivity contribution in [3.63, 3.8) is 0 Å². The highest BCUT2D eigenvalue weighted by atomic mass is 32.2. The van der Waals surface area contributed by atoms with E-state index in [0.29, 0.717) is 4.90 Å². The second kappa shape index (κ2) is 8.71. The second-order valence-corrected chi connectivity index (χ2v) is 9.94. The first-order valence-electron chi connectivity index (χ1n) is 10.2. The van der Waals surface area contributed by atoms with Gasteiger partial charge in [-0.1, -0.05) is 30.5 Å². The number of nitrogens with zero attached hydrogens (tertiary/aromatic N) is 2. The molecule has 2 atom stereocenters. The van der Waals surface area contributed by atoms with Crippen molar-refractivity contribution >= 4 is 21.5 Å². The predicted octanol–water partition coefficient (Wildman–Crippen LogP) is 3.77. The first-order valence-corrected chi connectivity index (χ1v) is 11.7. The third kappa shape index (κ3) is 5.08. The van der Waals surface area contributed by atoms with Crippen LogP contribution in [0.4, 0.5) is 11.5 Å². The zero-order valence-corrected chi connectivity index (χ0v) is 18.8. The van der Waals surface area contributed by atoms with Gasteiger partial charge in [0.25, 0.3) is 0 Å². The van der Waals surface area contributed by atoms with E-state index in [2.05, 4.69) is 15.0 Å². The van der Waals surface area contributed by atoms with Gasteiger partial charge < -0.3 is 10.2 Å². The second-order valence-electron chi connectivity index (χ2n) is 8.28. The molecular formula is C22H32N4O2S. The summed E-state index contributed by atoms with van der Waals surface area (Å²) < 4.78 is 29.5. The fourth-order valence-corrected chi connectivity index (χ4v) is 6.02. The Morgan fingerprint density at radius 3 is 2.24 bits per heavy atom. The molecule has 0 amide bonds. The van der Waals surface area contributed by atoms with Gasteiger partial charge in [-0.15, -0.1) is 0 Å². The summed E-state index contributed by atoms with van der Waals surface area (Å²) in [6, 6.07) is 7.64. The molecule has 0 spiro atoms. The van der Waals surface area contributed by atoms with Gasteiger partial charge >= 0.3 is 0 Å². The number of hydrogen-bond donors (Lipinski definition) is 2. The van der Waals surface area contributed by atoms with Crippen molar-refractivity contribution in [3.8, 4) is 0 Å². The summed E-state index contributed by atoms with van der Waals surface area (Å²) in [7, 11) is 0.375. The van der Waals surface area contributed by atoms with Gasteiger partial charge in [-0.25, -0.2) is 18.1 Å². The molecule has 1 aliphatic carbocycles. The molecule has 2 unspecified atom stereocenters. The SMILES string of the molecule is Cc1cc(C)c(S(=O)(=O)NC2CCCCC2Nc2cc(N(C)C)ccn2)c(C)c1. The summed E-state index contributed by atoms with van der Waals surface area (Å²) in [6.07, 6.45) is 5.59. The number of aryl methyl sites for hydroxylation is 3. The molecule has 1 aromatic heterocycles. The van der Waals surface area contributed by atoms with Gasteiger partial charge in [0.15, 0.2) is 0 Å². The Hall–Kier alpha value is -2.12. The highest BCUT2D eigenvalue weighted by molar-refractivity contribution is 7.89. The minimum absolute atomic E-state index is 0.00879. The van der Waals surface area contributed by atoms with Crippen molar-refractivity contribution in [3.05, 3.63) is 47.2 Å². The maximum absolute atomic E-state index is 13.2. The van der Waals surface area contributed by atoms with Gasteiger partial charge in [-0.3, -0.25) is 0 Å². The Morgan fingerprint density at radius 1 is 1.00 bits per heavy atom. The van der Waals surface area contributed by atoms with Crippen LogP contribution < -0.4 is 14.9 Å². The lowest BCUT2D eigenvalue weighted by Crippen LogP contribution is -2.48. The normalized spacial score (nSPS) is 19.8. The minimum atomic E-state index is -3.60. The van der Waals surface area contributed by atoms with E-state index in [9.17, 15) is 8.42 Å². The summed E-state index contributed by atoms with van der Waals surface area (Å²) in [4.78, 5) is 6.86.